The van der Waals surface area contributed by atoms with Crippen LogP contribution in [0.25, 0.3) is 0 Å². The maximum absolute atomic E-state index is 11.3. The van der Waals surface area contributed by atoms with Gasteiger partial charge >= 0.3 is 0 Å². The predicted octanol–water partition coefficient (Wildman–Crippen LogP) is 2.90. The van der Waals surface area contributed by atoms with E-state index in [2.05, 4.69) is 17.5 Å². The quantitative estimate of drug-likeness (QED) is 0.306. The van der Waals surface area contributed by atoms with Crippen LogP contribution in [0.5, 0.6) is 0 Å². The third kappa shape index (κ3) is 14.3. The van der Waals surface area contributed by atoms with Crippen molar-refractivity contribution in [1.82, 2.24) is 5.32 Å². The van der Waals surface area contributed by atoms with Crippen LogP contribution in [0.1, 0.15) is 33.6 Å². The number of allylic oxidation sites excluding steroid dienone is 7. The molecule has 0 atom stereocenters. The van der Waals surface area contributed by atoms with E-state index in [4.69, 9.17) is 0 Å². The van der Waals surface area contributed by atoms with Crippen molar-refractivity contribution in [3.05, 3.63) is 48.6 Å². The first-order chi connectivity index (χ1) is 8.95. The summed E-state index contributed by atoms with van der Waals surface area (Å²) >= 11 is 0. The molecule has 1 amide bonds. The van der Waals surface area contributed by atoms with Gasteiger partial charge in [0.2, 0.25) is 5.91 Å². The minimum atomic E-state index is -0.880. The maximum Gasteiger partial charge on any atom is 0.244 e. The Hall–Kier alpha value is -1.61. The fourth-order valence-electron chi connectivity index (χ4n) is 1.17. The number of nitrogens with one attached hydrogen (secondary N) is 1. The maximum atomic E-state index is 11.3. The molecule has 0 rings (SSSR count). The summed E-state index contributed by atoms with van der Waals surface area (Å²) in [6.07, 6.45) is 17.1. The molecule has 0 bridgehead atoms. The lowest BCUT2D eigenvalue weighted by Gasteiger charge is -2.16. The first-order valence-corrected chi connectivity index (χ1v) is 6.57. The zero-order valence-corrected chi connectivity index (χ0v) is 12.1. The average Bonchev–Trinajstić information content (AvgIpc) is 2.33. The minimum Gasteiger partial charge on any atom is -0.389 e. The number of aliphatic hydroxyl groups is 1. The molecule has 0 aliphatic rings. The summed E-state index contributed by atoms with van der Waals surface area (Å²) in [7, 11) is 0. The Morgan fingerprint density at radius 3 is 2.37 bits per heavy atom. The van der Waals surface area contributed by atoms with Crippen LogP contribution in [0.4, 0.5) is 0 Å². The smallest absolute Gasteiger partial charge is 0.244 e. The van der Waals surface area contributed by atoms with Crippen molar-refractivity contribution >= 4 is 5.91 Å². The van der Waals surface area contributed by atoms with E-state index in [-0.39, 0.29) is 12.5 Å². The average molecular weight is 263 g/mol. The van der Waals surface area contributed by atoms with Crippen LogP contribution in [0.2, 0.25) is 0 Å². The molecular formula is C16H25NO2. The highest BCUT2D eigenvalue weighted by Gasteiger charge is 2.12. The summed E-state index contributed by atoms with van der Waals surface area (Å²) in [5.41, 5.74) is -0.880. The van der Waals surface area contributed by atoms with E-state index in [1.165, 1.54) is 6.08 Å². The normalized spacial score (nSPS) is 13.3. The van der Waals surface area contributed by atoms with Crippen molar-refractivity contribution in [2.45, 2.75) is 39.2 Å². The third-order valence-electron chi connectivity index (χ3n) is 2.15. The molecule has 2 N–H and O–H groups in total. The molecule has 3 nitrogen and oxygen atoms in total. The van der Waals surface area contributed by atoms with Crippen molar-refractivity contribution in [2.24, 2.45) is 0 Å². The number of carbonyl (C=O) groups excluding carboxylic acids is 1. The van der Waals surface area contributed by atoms with E-state index < -0.39 is 5.60 Å². The van der Waals surface area contributed by atoms with Gasteiger partial charge in [-0.15, -0.1) is 0 Å². The third-order valence-corrected chi connectivity index (χ3v) is 2.15. The summed E-state index contributed by atoms with van der Waals surface area (Å²) in [4.78, 5) is 11.3. The number of carbonyl (C=O) groups is 1. The van der Waals surface area contributed by atoms with Crippen LogP contribution in [0, 0.1) is 0 Å². The zero-order valence-electron chi connectivity index (χ0n) is 12.1. The highest BCUT2D eigenvalue weighted by molar-refractivity contribution is 5.87. The van der Waals surface area contributed by atoms with Crippen molar-refractivity contribution < 1.29 is 9.90 Å². The molecule has 0 saturated carbocycles. The zero-order chi connectivity index (χ0) is 14.6. The molecule has 3 heteroatoms. The molecule has 0 aromatic rings. The van der Waals surface area contributed by atoms with E-state index in [1.807, 2.05) is 25.2 Å². The van der Waals surface area contributed by atoms with Crippen LogP contribution in [-0.2, 0) is 4.79 Å². The highest BCUT2D eigenvalue weighted by atomic mass is 16.3. The van der Waals surface area contributed by atoms with Crippen molar-refractivity contribution in [3.63, 3.8) is 0 Å². The molecule has 0 aliphatic heterocycles. The molecule has 0 radical (unpaired) electrons. The van der Waals surface area contributed by atoms with Crippen LogP contribution in [0.3, 0.4) is 0 Å². The van der Waals surface area contributed by atoms with Gasteiger partial charge < -0.3 is 10.4 Å². The Labute approximate surface area is 116 Å². The van der Waals surface area contributed by atoms with E-state index in [9.17, 15) is 9.90 Å². The summed E-state index contributed by atoms with van der Waals surface area (Å²) in [5, 5.41) is 12.0. The fraction of sp³-hybridized carbons (Fsp3) is 0.438. The molecule has 0 fully saturated rings. The number of rotatable bonds is 8. The lowest BCUT2D eigenvalue weighted by molar-refractivity contribution is -0.117. The summed E-state index contributed by atoms with van der Waals surface area (Å²) in [5.74, 6) is -0.205. The number of unbranched alkanes of at least 4 members (excludes halogenated alkanes) is 1. The lowest BCUT2D eigenvalue weighted by atomic mass is 10.1. The van der Waals surface area contributed by atoms with E-state index >= 15 is 0 Å². The van der Waals surface area contributed by atoms with E-state index in [1.54, 1.807) is 26.0 Å². The van der Waals surface area contributed by atoms with Gasteiger partial charge in [-0.05, 0) is 33.6 Å². The molecule has 0 aliphatic carbocycles. The van der Waals surface area contributed by atoms with Crippen molar-refractivity contribution in [3.8, 4) is 0 Å². The summed E-state index contributed by atoms with van der Waals surface area (Å²) in [6, 6.07) is 0. The van der Waals surface area contributed by atoms with Gasteiger partial charge in [0.05, 0.1) is 5.60 Å². The standard InChI is InChI=1S/C16H25NO2/c1-4-5-6-7-8-9-10-11-12-13-15(18)17-14-16(2,3)19/h4-5,8-13,19H,6-7,14H2,1-3H3,(H,17,18)/b5-4+,9-8+,11-10+,13-12+. The Bertz CT molecular complexity index is 357. The summed E-state index contributed by atoms with van der Waals surface area (Å²) in [6.45, 7) is 5.55. The molecule has 0 heterocycles. The number of amides is 1. The second-order valence-corrected chi connectivity index (χ2v) is 4.85. The van der Waals surface area contributed by atoms with Gasteiger partial charge in [0, 0.05) is 12.6 Å². The molecule has 0 unspecified atom stereocenters. The first kappa shape index (κ1) is 17.4. The molecule has 0 aromatic heterocycles. The molecular weight excluding hydrogens is 238 g/mol. The Morgan fingerprint density at radius 2 is 1.74 bits per heavy atom. The Balaban J connectivity index is 3.79. The topological polar surface area (TPSA) is 49.3 Å². The van der Waals surface area contributed by atoms with Gasteiger partial charge in [-0.3, -0.25) is 4.79 Å². The van der Waals surface area contributed by atoms with Crippen LogP contribution in [0.15, 0.2) is 48.6 Å². The molecule has 19 heavy (non-hydrogen) atoms. The fourth-order valence-corrected chi connectivity index (χ4v) is 1.17. The van der Waals surface area contributed by atoms with Crippen LogP contribution >= 0.6 is 0 Å². The number of hydrogen-bond acceptors (Lipinski definition) is 2. The minimum absolute atomic E-state index is 0.205. The second-order valence-electron chi connectivity index (χ2n) is 4.85. The van der Waals surface area contributed by atoms with Crippen LogP contribution in [-0.4, -0.2) is 23.2 Å². The Morgan fingerprint density at radius 1 is 1.11 bits per heavy atom. The van der Waals surface area contributed by atoms with Gasteiger partial charge in [0.25, 0.3) is 0 Å². The van der Waals surface area contributed by atoms with Gasteiger partial charge in [-0.1, -0.05) is 42.5 Å². The molecule has 106 valence electrons. The first-order valence-electron chi connectivity index (χ1n) is 6.57. The van der Waals surface area contributed by atoms with Gasteiger partial charge in [-0.2, -0.15) is 0 Å². The SMILES string of the molecule is C/C=C/CC/C=C/C=C/C=C/C(=O)NCC(C)(C)O. The molecule has 0 saturated heterocycles. The predicted molar refractivity (Wildman–Crippen MR) is 80.8 cm³/mol. The second kappa shape index (κ2) is 10.3. The highest BCUT2D eigenvalue weighted by Crippen LogP contribution is 1.97. The largest absolute Gasteiger partial charge is 0.389 e. The van der Waals surface area contributed by atoms with Crippen LogP contribution < -0.4 is 5.32 Å². The van der Waals surface area contributed by atoms with Gasteiger partial charge in [0.15, 0.2) is 0 Å². The molecule has 0 aromatic carbocycles. The van der Waals surface area contributed by atoms with E-state index in [0.717, 1.165) is 12.8 Å². The number of hydrogen-bond donors (Lipinski definition) is 2. The van der Waals surface area contributed by atoms with E-state index in [0.29, 0.717) is 0 Å². The van der Waals surface area contributed by atoms with Gasteiger partial charge in [0.1, 0.15) is 0 Å². The van der Waals surface area contributed by atoms with Gasteiger partial charge in [-0.25, -0.2) is 0 Å². The van der Waals surface area contributed by atoms with Crippen molar-refractivity contribution in [1.29, 1.82) is 0 Å². The lowest BCUT2D eigenvalue weighted by Crippen LogP contribution is -2.37. The Kier molecular flexibility index (Phi) is 9.45. The molecule has 0 spiro atoms. The summed E-state index contributed by atoms with van der Waals surface area (Å²) < 4.78 is 0. The monoisotopic (exact) mass is 263 g/mol. The van der Waals surface area contributed by atoms with Crippen molar-refractivity contribution in [2.75, 3.05) is 6.54 Å².